The van der Waals surface area contributed by atoms with E-state index in [0.717, 1.165) is 23.3 Å². The van der Waals surface area contributed by atoms with E-state index in [2.05, 4.69) is 34.1 Å². The molecule has 0 aliphatic carbocycles. The molecule has 2 aromatic heterocycles. The van der Waals surface area contributed by atoms with Crippen LogP contribution in [0.4, 0.5) is 5.82 Å². The summed E-state index contributed by atoms with van der Waals surface area (Å²) in [5, 5.41) is 17.7. The van der Waals surface area contributed by atoms with Crippen molar-refractivity contribution in [3.63, 3.8) is 0 Å². The third-order valence-corrected chi connectivity index (χ3v) is 4.17. The lowest BCUT2D eigenvalue weighted by atomic mass is 10.1. The molecule has 1 aromatic carbocycles. The molecule has 0 aliphatic rings. The van der Waals surface area contributed by atoms with Gasteiger partial charge >= 0.3 is 0 Å². The van der Waals surface area contributed by atoms with Gasteiger partial charge in [0.25, 0.3) is 0 Å². The van der Waals surface area contributed by atoms with Crippen molar-refractivity contribution in [2.45, 2.75) is 13.5 Å². The van der Waals surface area contributed by atoms with Crippen molar-refractivity contribution in [1.82, 2.24) is 4.98 Å². The zero-order valence-electron chi connectivity index (χ0n) is 11.1. The first-order valence-corrected chi connectivity index (χ1v) is 7.27. The highest BCUT2D eigenvalue weighted by Gasteiger charge is 2.05. The van der Waals surface area contributed by atoms with Crippen LogP contribution < -0.4 is 5.32 Å². The van der Waals surface area contributed by atoms with E-state index >= 15 is 0 Å². The average Bonchev–Trinajstić information content (AvgIpc) is 2.89. The average molecular weight is 279 g/mol. The predicted molar refractivity (Wildman–Crippen MR) is 82.8 cm³/mol. The lowest BCUT2D eigenvalue weighted by Gasteiger charge is -2.08. The third-order valence-electron chi connectivity index (χ3n) is 3.26. The maximum absolute atomic E-state index is 9.25. The molecule has 0 fully saturated rings. The van der Waals surface area contributed by atoms with Crippen LogP contribution in [0.5, 0.6) is 0 Å². The molecule has 0 bridgehead atoms. The Labute approximate surface area is 121 Å². The van der Waals surface area contributed by atoms with Gasteiger partial charge < -0.3 is 5.32 Å². The molecule has 4 heteroatoms. The summed E-state index contributed by atoms with van der Waals surface area (Å²) in [4.78, 5) is 4.55. The molecule has 20 heavy (non-hydrogen) atoms. The van der Waals surface area contributed by atoms with Gasteiger partial charge in [0.05, 0.1) is 17.1 Å². The lowest BCUT2D eigenvalue weighted by molar-refractivity contribution is 1.11. The Morgan fingerprint density at radius 2 is 2.15 bits per heavy atom. The number of nitrogens with one attached hydrogen (secondary N) is 1. The highest BCUT2D eigenvalue weighted by Crippen LogP contribution is 2.21. The number of para-hydroxylation sites is 1. The molecule has 0 aliphatic heterocycles. The minimum atomic E-state index is 0.653. The molecule has 3 nitrogen and oxygen atoms in total. The number of rotatable bonds is 3. The first-order valence-electron chi connectivity index (χ1n) is 6.33. The summed E-state index contributed by atoms with van der Waals surface area (Å²) in [7, 11) is 0. The monoisotopic (exact) mass is 279 g/mol. The molecule has 2 heterocycles. The molecule has 1 N–H and O–H groups in total. The zero-order valence-corrected chi connectivity index (χ0v) is 11.9. The second-order valence-electron chi connectivity index (χ2n) is 4.62. The molecular weight excluding hydrogens is 266 g/mol. The highest BCUT2D eigenvalue weighted by molar-refractivity contribution is 7.08. The standard InChI is InChI=1S/C16H13N3S/c1-11-9-20-10-13(11)8-18-16-6-12(7-17)14-4-2-3-5-15(14)19-16/h2-6,9-10H,8H2,1H3,(H,18,19). The van der Waals surface area contributed by atoms with Crippen molar-refractivity contribution < 1.29 is 0 Å². The molecule has 0 amide bonds. The molecular formula is C16H13N3S. The van der Waals surface area contributed by atoms with E-state index in [-0.39, 0.29) is 0 Å². The van der Waals surface area contributed by atoms with Gasteiger partial charge in [0.1, 0.15) is 5.82 Å². The van der Waals surface area contributed by atoms with Gasteiger partial charge in [0.15, 0.2) is 0 Å². The number of anilines is 1. The van der Waals surface area contributed by atoms with E-state index in [9.17, 15) is 5.26 Å². The van der Waals surface area contributed by atoms with E-state index < -0.39 is 0 Å². The molecule has 3 rings (SSSR count). The second kappa shape index (κ2) is 5.32. The number of hydrogen-bond donors (Lipinski definition) is 1. The Balaban J connectivity index is 1.92. The summed E-state index contributed by atoms with van der Waals surface area (Å²) in [5.41, 5.74) is 4.04. The van der Waals surface area contributed by atoms with E-state index in [1.807, 2.05) is 30.3 Å². The Morgan fingerprint density at radius 1 is 1.30 bits per heavy atom. The van der Waals surface area contributed by atoms with Gasteiger partial charge in [-0.1, -0.05) is 18.2 Å². The summed E-state index contributed by atoms with van der Waals surface area (Å²) < 4.78 is 0. The van der Waals surface area contributed by atoms with Crippen LogP contribution in [-0.4, -0.2) is 4.98 Å². The molecule has 3 aromatic rings. The fourth-order valence-electron chi connectivity index (χ4n) is 2.11. The number of fused-ring (bicyclic) bond motifs is 1. The van der Waals surface area contributed by atoms with Gasteiger partial charge in [0, 0.05) is 11.9 Å². The van der Waals surface area contributed by atoms with Gasteiger partial charge in [-0.15, -0.1) is 0 Å². The van der Waals surface area contributed by atoms with Crippen LogP contribution in [0.3, 0.4) is 0 Å². The van der Waals surface area contributed by atoms with E-state index in [0.29, 0.717) is 5.56 Å². The number of aryl methyl sites for hydroxylation is 1. The molecule has 98 valence electrons. The Hall–Kier alpha value is -2.38. The van der Waals surface area contributed by atoms with Crippen molar-refractivity contribution in [2.24, 2.45) is 0 Å². The molecule has 0 saturated heterocycles. The van der Waals surface area contributed by atoms with E-state index in [4.69, 9.17) is 0 Å². The number of nitriles is 1. The van der Waals surface area contributed by atoms with Gasteiger partial charge in [0.2, 0.25) is 0 Å². The van der Waals surface area contributed by atoms with Crippen LogP contribution in [0.1, 0.15) is 16.7 Å². The molecule has 0 radical (unpaired) electrons. The lowest BCUT2D eigenvalue weighted by Crippen LogP contribution is -2.02. The molecule has 0 unspecified atom stereocenters. The molecule has 0 atom stereocenters. The normalized spacial score (nSPS) is 10.4. The molecule has 0 saturated carbocycles. The minimum absolute atomic E-state index is 0.653. The summed E-state index contributed by atoms with van der Waals surface area (Å²) >= 11 is 1.70. The zero-order chi connectivity index (χ0) is 13.9. The van der Waals surface area contributed by atoms with Gasteiger partial charge in [-0.25, -0.2) is 4.98 Å². The summed E-state index contributed by atoms with van der Waals surface area (Å²) in [6.07, 6.45) is 0. The number of benzene rings is 1. The van der Waals surface area contributed by atoms with Crippen LogP contribution in [-0.2, 0) is 6.54 Å². The van der Waals surface area contributed by atoms with Crippen molar-refractivity contribution in [2.75, 3.05) is 5.32 Å². The van der Waals surface area contributed by atoms with Crippen molar-refractivity contribution in [3.8, 4) is 6.07 Å². The van der Waals surface area contributed by atoms with Gasteiger partial charge in [-0.2, -0.15) is 16.6 Å². The first-order chi connectivity index (χ1) is 9.78. The third kappa shape index (κ3) is 2.36. The Bertz CT molecular complexity index is 799. The highest BCUT2D eigenvalue weighted by atomic mass is 32.1. The SMILES string of the molecule is Cc1cscc1CNc1cc(C#N)c2ccccc2n1. The van der Waals surface area contributed by atoms with Crippen molar-refractivity contribution >= 4 is 28.1 Å². The predicted octanol–water partition coefficient (Wildman–Crippen LogP) is 4.09. The van der Waals surface area contributed by atoms with E-state index in [1.54, 1.807) is 11.3 Å². The Kier molecular flexibility index (Phi) is 3.36. The first kappa shape index (κ1) is 12.6. The fourth-order valence-corrected chi connectivity index (χ4v) is 2.97. The summed E-state index contributed by atoms with van der Waals surface area (Å²) in [6.45, 7) is 2.83. The largest absolute Gasteiger partial charge is 0.366 e. The number of nitrogens with zero attached hydrogens (tertiary/aromatic N) is 2. The maximum atomic E-state index is 9.25. The number of pyridine rings is 1. The van der Waals surface area contributed by atoms with Gasteiger partial charge in [-0.05, 0) is 40.9 Å². The van der Waals surface area contributed by atoms with Crippen LogP contribution in [0, 0.1) is 18.3 Å². The van der Waals surface area contributed by atoms with E-state index in [1.165, 1.54) is 11.1 Å². The van der Waals surface area contributed by atoms with Crippen LogP contribution in [0.25, 0.3) is 10.9 Å². The number of aromatic nitrogens is 1. The van der Waals surface area contributed by atoms with Crippen molar-refractivity contribution in [3.05, 3.63) is 57.8 Å². The number of thiophene rings is 1. The van der Waals surface area contributed by atoms with Crippen LogP contribution in [0.15, 0.2) is 41.1 Å². The molecule has 0 spiro atoms. The fraction of sp³-hybridized carbons (Fsp3) is 0.125. The quantitative estimate of drug-likeness (QED) is 0.785. The smallest absolute Gasteiger partial charge is 0.128 e. The summed E-state index contributed by atoms with van der Waals surface area (Å²) in [5.74, 6) is 0.742. The minimum Gasteiger partial charge on any atom is -0.366 e. The maximum Gasteiger partial charge on any atom is 0.128 e. The topological polar surface area (TPSA) is 48.7 Å². The Morgan fingerprint density at radius 3 is 2.90 bits per heavy atom. The van der Waals surface area contributed by atoms with Crippen LogP contribution in [0.2, 0.25) is 0 Å². The van der Waals surface area contributed by atoms with Gasteiger partial charge in [-0.3, -0.25) is 0 Å². The summed E-state index contributed by atoms with van der Waals surface area (Å²) in [6, 6.07) is 11.8. The number of hydrogen-bond acceptors (Lipinski definition) is 4. The van der Waals surface area contributed by atoms with Crippen molar-refractivity contribution in [1.29, 1.82) is 5.26 Å². The van der Waals surface area contributed by atoms with Crippen LogP contribution >= 0.6 is 11.3 Å². The second-order valence-corrected chi connectivity index (χ2v) is 5.36.